The lowest BCUT2D eigenvalue weighted by atomic mass is 9.80. The zero-order valence-corrected chi connectivity index (χ0v) is 16.0. The third-order valence-electron chi connectivity index (χ3n) is 3.38. The number of ether oxygens (including phenoxy) is 1. The van der Waals surface area contributed by atoms with Gasteiger partial charge in [-0.15, -0.1) is 0 Å². The van der Waals surface area contributed by atoms with Gasteiger partial charge in [0, 0.05) is 17.7 Å². The monoisotopic (exact) mass is 389 g/mol. The molecule has 0 aliphatic heterocycles. The van der Waals surface area contributed by atoms with Crippen LogP contribution in [0.5, 0.6) is 0 Å². The van der Waals surface area contributed by atoms with Gasteiger partial charge in [-0.05, 0) is 50.9 Å². The van der Waals surface area contributed by atoms with E-state index in [-0.39, 0.29) is 5.78 Å². The fourth-order valence-electron chi connectivity index (χ4n) is 2.44. The zero-order valence-electron chi connectivity index (χ0n) is 13.6. The van der Waals surface area contributed by atoms with Crippen molar-refractivity contribution in [2.24, 2.45) is 0 Å². The summed E-state index contributed by atoms with van der Waals surface area (Å²) < 4.78 is 5.39. The Morgan fingerprint density at radius 2 is 1.95 bits per heavy atom. The minimum Gasteiger partial charge on any atom is -0.444 e. The summed E-state index contributed by atoms with van der Waals surface area (Å²) in [5.41, 5.74) is -1.07. The highest BCUT2D eigenvalue weighted by Crippen LogP contribution is 2.39. The van der Waals surface area contributed by atoms with Crippen LogP contribution in [0.1, 0.15) is 53.4 Å². The quantitative estimate of drug-likeness (QED) is 0.742. The molecule has 1 aliphatic rings. The Bertz CT molecular complexity index is 470. The maximum absolute atomic E-state index is 12.2. The van der Waals surface area contributed by atoms with E-state index in [0.717, 1.165) is 4.91 Å². The number of alkyl carbamates (subject to hydrolysis) is 1. The fraction of sp³-hybridized carbons (Fsp3) is 0.625. The average molecular weight is 390 g/mol. The largest absolute Gasteiger partial charge is 0.444 e. The topological polar surface area (TPSA) is 55.4 Å². The Kier molecular flexibility index (Phi) is 7.19. The van der Waals surface area contributed by atoms with Gasteiger partial charge in [0.2, 0.25) is 0 Å². The van der Waals surface area contributed by atoms with Crippen molar-refractivity contribution in [3.63, 3.8) is 0 Å². The highest BCUT2D eigenvalue weighted by atomic mass is 79.9. The molecule has 1 rings (SSSR count). The first kappa shape index (κ1) is 19.3. The van der Waals surface area contributed by atoms with Crippen LogP contribution in [0.15, 0.2) is 21.4 Å². The van der Waals surface area contributed by atoms with Crippen LogP contribution in [-0.2, 0) is 9.53 Å². The summed E-state index contributed by atoms with van der Waals surface area (Å²) in [7, 11) is 0. The molecule has 22 heavy (non-hydrogen) atoms. The molecule has 6 heteroatoms. The lowest BCUT2D eigenvalue weighted by molar-refractivity contribution is -0.121. The second kappa shape index (κ2) is 8.20. The number of rotatable bonds is 4. The third kappa shape index (κ3) is 5.80. The number of halogens is 1. The highest BCUT2D eigenvalue weighted by Gasteiger charge is 2.40. The van der Waals surface area contributed by atoms with Crippen LogP contribution in [-0.4, -0.2) is 23.0 Å². The smallest absolute Gasteiger partial charge is 0.408 e. The maximum atomic E-state index is 12.2. The first-order valence-corrected chi connectivity index (χ1v) is 9.13. The molecule has 1 saturated carbocycles. The Hall–Kier alpha value is -0.750. The molecule has 0 spiro atoms. The normalized spacial score (nSPS) is 19.3. The predicted octanol–water partition coefficient (Wildman–Crippen LogP) is 4.90. The molecule has 0 aromatic carbocycles. The third-order valence-corrected chi connectivity index (χ3v) is 5.15. The number of hydrogen-bond donors (Lipinski definition) is 1. The van der Waals surface area contributed by atoms with Crippen LogP contribution in [0.3, 0.4) is 0 Å². The SMILES string of the molecule is C/C=C(\S/C=C/Br)C1(NC(=O)OC(C)(C)C)CCC(=O)CC1. The lowest BCUT2D eigenvalue weighted by Crippen LogP contribution is -2.52. The van der Waals surface area contributed by atoms with Gasteiger partial charge in [0.05, 0.1) is 5.54 Å². The summed E-state index contributed by atoms with van der Waals surface area (Å²) in [6.07, 6.45) is 3.72. The van der Waals surface area contributed by atoms with Crippen molar-refractivity contribution in [3.8, 4) is 0 Å². The second-order valence-electron chi connectivity index (χ2n) is 6.28. The van der Waals surface area contributed by atoms with Gasteiger partial charge >= 0.3 is 6.09 Å². The van der Waals surface area contributed by atoms with Gasteiger partial charge in [-0.2, -0.15) is 0 Å². The molecule has 0 heterocycles. The Balaban J connectivity index is 2.96. The van der Waals surface area contributed by atoms with Gasteiger partial charge in [-0.25, -0.2) is 4.79 Å². The van der Waals surface area contributed by atoms with Gasteiger partial charge in [0.25, 0.3) is 0 Å². The van der Waals surface area contributed by atoms with E-state index in [2.05, 4.69) is 21.2 Å². The van der Waals surface area contributed by atoms with Gasteiger partial charge in [-0.3, -0.25) is 4.79 Å². The minimum atomic E-state index is -0.547. The predicted molar refractivity (Wildman–Crippen MR) is 95.0 cm³/mol. The lowest BCUT2D eigenvalue weighted by Gasteiger charge is -2.39. The van der Waals surface area contributed by atoms with Crippen molar-refractivity contribution in [1.82, 2.24) is 5.32 Å². The molecule has 1 fully saturated rings. The molecule has 1 N–H and O–H groups in total. The number of hydrogen-bond acceptors (Lipinski definition) is 4. The molecule has 0 saturated heterocycles. The molecule has 0 aromatic heterocycles. The van der Waals surface area contributed by atoms with E-state index in [1.807, 2.05) is 39.2 Å². The number of ketones is 1. The number of thioether (sulfide) groups is 1. The van der Waals surface area contributed by atoms with E-state index in [0.29, 0.717) is 25.7 Å². The molecule has 0 aromatic rings. The number of allylic oxidation sites excluding steroid dienone is 1. The summed E-state index contributed by atoms with van der Waals surface area (Å²) in [5.74, 6) is 0.248. The Labute approximate surface area is 145 Å². The molecule has 0 radical (unpaired) electrons. The van der Waals surface area contributed by atoms with Crippen LogP contribution in [0.4, 0.5) is 4.79 Å². The molecule has 124 valence electrons. The number of carbonyl (C=O) groups is 2. The fourth-order valence-corrected chi connectivity index (χ4v) is 3.58. The van der Waals surface area contributed by atoms with E-state index >= 15 is 0 Å². The average Bonchev–Trinajstić information content (AvgIpc) is 2.40. The van der Waals surface area contributed by atoms with Crippen molar-refractivity contribution in [3.05, 3.63) is 21.4 Å². The number of carbonyl (C=O) groups excluding carboxylic acids is 2. The minimum absolute atomic E-state index is 0.248. The van der Waals surface area contributed by atoms with Gasteiger partial charge in [0.1, 0.15) is 11.4 Å². The Morgan fingerprint density at radius 1 is 1.36 bits per heavy atom. The van der Waals surface area contributed by atoms with E-state index in [1.54, 1.807) is 16.7 Å². The first-order valence-electron chi connectivity index (χ1n) is 7.34. The number of Topliss-reactive ketones (excluding diaryl/α,β-unsaturated/α-hetero) is 1. The molecule has 1 aliphatic carbocycles. The Morgan fingerprint density at radius 3 is 2.41 bits per heavy atom. The molecule has 0 unspecified atom stereocenters. The van der Waals surface area contributed by atoms with E-state index in [4.69, 9.17) is 4.74 Å². The van der Waals surface area contributed by atoms with Crippen LogP contribution in [0.25, 0.3) is 0 Å². The number of amides is 1. The van der Waals surface area contributed by atoms with Crippen LogP contribution >= 0.6 is 27.7 Å². The van der Waals surface area contributed by atoms with Gasteiger partial charge < -0.3 is 10.1 Å². The molecular formula is C16H24BrNO3S. The summed E-state index contributed by atoms with van der Waals surface area (Å²) in [5, 5.41) is 4.92. The first-order chi connectivity index (χ1) is 10.2. The van der Waals surface area contributed by atoms with Crippen molar-refractivity contribution < 1.29 is 14.3 Å². The van der Waals surface area contributed by atoms with Crippen molar-refractivity contribution in [2.75, 3.05) is 0 Å². The summed E-state index contributed by atoms with van der Waals surface area (Å²) in [6, 6.07) is 0. The highest BCUT2D eigenvalue weighted by molar-refractivity contribution is 9.11. The van der Waals surface area contributed by atoms with Gasteiger partial charge in [-0.1, -0.05) is 33.8 Å². The molecule has 0 bridgehead atoms. The van der Waals surface area contributed by atoms with E-state index in [1.165, 1.54) is 0 Å². The molecule has 1 amide bonds. The van der Waals surface area contributed by atoms with Crippen molar-refractivity contribution >= 4 is 39.6 Å². The zero-order chi connectivity index (χ0) is 16.8. The standard InChI is InChI=1S/C16H24BrNO3S/c1-5-13(22-11-10-17)16(8-6-12(19)7-9-16)18-14(20)21-15(2,3)4/h5,10-11H,6-9H2,1-4H3,(H,18,20)/b11-10+,13-5-. The summed E-state index contributed by atoms with van der Waals surface area (Å²) in [4.78, 5) is 26.6. The number of nitrogens with one attached hydrogen (secondary N) is 1. The summed E-state index contributed by atoms with van der Waals surface area (Å²) >= 11 is 4.79. The van der Waals surface area contributed by atoms with E-state index in [9.17, 15) is 9.59 Å². The molecule has 4 nitrogen and oxygen atoms in total. The van der Waals surface area contributed by atoms with Crippen molar-refractivity contribution in [2.45, 2.75) is 64.5 Å². The van der Waals surface area contributed by atoms with Crippen LogP contribution in [0.2, 0.25) is 0 Å². The maximum Gasteiger partial charge on any atom is 0.408 e. The van der Waals surface area contributed by atoms with Gasteiger partial charge in [0.15, 0.2) is 0 Å². The second-order valence-corrected chi connectivity index (χ2v) is 7.76. The van der Waals surface area contributed by atoms with E-state index < -0.39 is 17.2 Å². The summed E-state index contributed by atoms with van der Waals surface area (Å²) in [6.45, 7) is 7.45. The van der Waals surface area contributed by atoms with Crippen molar-refractivity contribution in [1.29, 1.82) is 0 Å². The van der Waals surface area contributed by atoms with Crippen LogP contribution < -0.4 is 5.32 Å². The molecule has 0 atom stereocenters. The molecular weight excluding hydrogens is 366 g/mol. The van der Waals surface area contributed by atoms with Crippen LogP contribution in [0, 0.1) is 0 Å².